The van der Waals surface area contributed by atoms with Crippen LogP contribution in [-0.4, -0.2) is 9.97 Å². The Balaban J connectivity index is 2.30. The number of hydrazine groups is 1. The zero-order chi connectivity index (χ0) is 13.1. The van der Waals surface area contributed by atoms with Crippen molar-refractivity contribution in [3.05, 3.63) is 41.1 Å². The first-order valence-corrected chi connectivity index (χ1v) is 5.10. The quantitative estimate of drug-likeness (QED) is 0.663. The number of rotatable bonds is 3. The summed E-state index contributed by atoms with van der Waals surface area (Å²) in [6.07, 6.45) is 0.892. The number of hydrogen-bond acceptors (Lipinski definition) is 5. The number of ether oxygens (including phenoxy) is 1. The summed E-state index contributed by atoms with van der Waals surface area (Å²) in [4.78, 5) is 7.20. The zero-order valence-corrected chi connectivity index (χ0v) is 9.58. The molecule has 1 aromatic heterocycles. The molecule has 94 valence electrons. The molecule has 0 saturated carbocycles. The molecule has 18 heavy (non-hydrogen) atoms. The molecule has 1 heterocycles. The normalized spacial score (nSPS) is 10.2. The topological polar surface area (TPSA) is 73.1 Å². The standard InChI is InChI=1S/C10H7ClF2N4O/c11-6-3-5(1-2-7(6)12)18-9-8(13)4-15-10(16-9)17-14/h1-4H,14H2,(H,15,16,17). The van der Waals surface area contributed by atoms with Gasteiger partial charge in [-0.3, -0.25) is 5.43 Å². The average molecular weight is 273 g/mol. The van der Waals surface area contributed by atoms with E-state index in [2.05, 4.69) is 15.4 Å². The van der Waals surface area contributed by atoms with Gasteiger partial charge in [-0.15, -0.1) is 0 Å². The van der Waals surface area contributed by atoms with E-state index in [-0.39, 0.29) is 22.6 Å². The van der Waals surface area contributed by atoms with Crippen LogP contribution in [0.4, 0.5) is 14.7 Å². The van der Waals surface area contributed by atoms with Gasteiger partial charge in [-0.25, -0.2) is 15.2 Å². The summed E-state index contributed by atoms with van der Waals surface area (Å²) < 4.78 is 31.4. The van der Waals surface area contributed by atoms with Gasteiger partial charge >= 0.3 is 0 Å². The molecule has 0 aliphatic rings. The zero-order valence-electron chi connectivity index (χ0n) is 8.82. The largest absolute Gasteiger partial charge is 0.436 e. The summed E-state index contributed by atoms with van der Waals surface area (Å²) in [5.41, 5.74) is 2.15. The van der Waals surface area contributed by atoms with Crippen molar-refractivity contribution in [1.29, 1.82) is 0 Å². The Labute approximate surface area is 106 Å². The van der Waals surface area contributed by atoms with Gasteiger partial charge in [-0.1, -0.05) is 11.6 Å². The lowest BCUT2D eigenvalue weighted by Gasteiger charge is -2.07. The Morgan fingerprint density at radius 3 is 2.72 bits per heavy atom. The number of nitrogens with two attached hydrogens (primary N) is 1. The third kappa shape index (κ3) is 2.63. The molecule has 5 nitrogen and oxygen atoms in total. The molecule has 0 unspecified atom stereocenters. The molecule has 2 aromatic rings. The minimum atomic E-state index is -0.783. The van der Waals surface area contributed by atoms with Crippen molar-refractivity contribution in [2.75, 3.05) is 5.43 Å². The molecule has 0 aliphatic carbocycles. The average Bonchev–Trinajstić information content (AvgIpc) is 2.36. The van der Waals surface area contributed by atoms with Crippen molar-refractivity contribution in [2.45, 2.75) is 0 Å². The van der Waals surface area contributed by atoms with Crippen LogP contribution in [0.5, 0.6) is 11.6 Å². The summed E-state index contributed by atoms with van der Waals surface area (Å²) in [5.74, 6) is 3.48. The van der Waals surface area contributed by atoms with Gasteiger partial charge in [0, 0.05) is 6.07 Å². The molecule has 0 radical (unpaired) electrons. The molecule has 0 bridgehead atoms. The van der Waals surface area contributed by atoms with Gasteiger partial charge in [0.05, 0.1) is 11.2 Å². The van der Waals surface area contributed by atoms with Crippen molar-refractivity contribution in [3.63, 3.8) is 0 Å². The van der Waals surface area contributed by atoms with Crippen LogP contribution in [0.2, 0.25) is 5.02 Å². The number of benzene rings is 1. The predicted octanol–water partition coefficient (Wildman–Crippen LogP) is 2.49. The highest BCUT2D eigenvalue weighted by Crippen LogP contribution is 2.26. The fraction of sp³-hybridized carbons (Fsp3) is 0. The van der Waals surface area contributed by atoms with E-state index in [1.807, 2.05) is 0 Å². The van der Waals surface area contributed by atoms with Gasteiger partial charge in [0.15, 0.2) is 0 Å². The number of nitrogen functional groups attached to an aromatic ring is 1. The van der Waals surface area contributed by atoms with Crippen LogP contribution in [0.25, 0.3) is 0 Å². The van der Waals surface area contributed by atoms with E-state index < -0.39 is 11.6 Å². The monoisotopic (exact) mass is 272 g/mol. The first kappa shape index (κ1) is 12.5. The predicted molar refractivity (Wildman–Crippen MR) is 61.3 cm³/mol. The molecule has 0 fully saturated rings. The maximum Gasteiger partial charge on any atom is 0.260 e. The molecule has 0 spiro atoms. The lowest BCUT2D eigenvalue weighted by atomic mass is 10.3. The molecule has 0 amide bonds. The summed E-state index contributed by atoms with van der Waals surface area (Å²) in [6.45, 7) is 0. The van der Waals surface area contributed by atoms with Crippen LogP contribution in [0.3, 0.4) is 0 Å². The number of nitrogens with one attached hydrogen (secondary N) is 1. The van der Waals surface area contributed by atoms with Gasteiger partial charge in [-0.2, -0.15) is 9.37 Å². The molecule has 2 rings (SSSR count). The minimum absolute atomic E-state index is 0.0143. The summed E-state index contributed by atoms with van der Waals surface area (Å²) in [6, 6.07) is 3.59. The number of aromatic nitrogens is 2. The van der Waals surface area contributed by atoms with Crippen LogP contribution in [0, 0.1) is 11.6 Å². The SMILES string of the molecule is NNc1ncc(F)c(Oc2ccc(F)c(Cl)c2)n1. The molecule has 0 atom stereocenters. The van der Waals surface area contributed by atoms with Crippen LogP contribution in [0.15, 0.2) is 24.4 Å². The van der Waals surface area contributed by atoms with Gasteiger partial charge in [0.2, 0.25) is 11.8 Å². The van der Waals surface area contributed by atoms with Crippen molar-refractivity contribution in [3.8, 4) is 11.6 Å². The van der Waals surface area contributed by atoms with Crippen LogP contribution in [-0.2, 0) is 0 Å². The van der Waals surface area contributed by atoms with Crippen molar-refractivity contribution in [2.24, 2.45) is 5.84 Å². The fourth-order valence-corrected chi connectivity index (χ4v) is 1.32. The third-order valence-electron chi connectivity index (χ3n) is 1.95. The Morgan fingerprint density at radius 2 is 2.06 bits per heavy atom. The lowest BCUT2D eigenvalue weighted by Crippen LogP contribution is -2.11. The summed E-state index contributed by atoms with van der Waals surface area (Å²) in [5, 5.41) is -0.140. The van der Waals surface area contributed by atoms with Gasteiger partial charge in [-0.05, 0) is 12.1 Å². The van der Waals surface area contributed by atoms with Crippen molar-refractivity contribution in [1.82, 2.24) is 9.97 Å². The Bertz CT molecular complexity index is 582. The molecule has 3 N–H and O–H groups in total. The minimum Gasteiger partial charge on any atom is -0.436 e. The van der Waals surface area contributed by atoms with E-state index in [1.54, 1.807) is 0 Å². The van der Waals surface area contributed by atoms with E-state index in [1.165, 1.54) is 12.1 Å². The van der Waals surface area contributed by atoms with E-state index >= 15 is 0 Å². The number of hydrogen-bond donors (Lipinski definition) is 2. The fourth-order valence-electron chi connectivity index (χ4n) is 1.14. The maximum absolute atomic E-state index is 13.3. The molecule has 0 aliphatic heterocycles. The van der Waals surface area contributed by atoms with E-state index in [9.17, 15) is 8.78 Å². The van der Waals surface area contributed by atoms with Crippen LogP contribution >= 0.6 is 11.6 Å². The van der Waals surface area contributed by atoms with Gasteiger partial charge in [0.1, 0.15) is 11.6 Å². The summed E-state index contributed by atoms with van der Waals surface area (Å²) in [7, 11) is 0. The number of nitrogens with zero attached hydrogens (tertiary/aromatic N) is 2. The Kier molecular flexibility index (Phi) is 3.54. The van der Waals surface area contributed by atoms with Gasteiger partial charge < -0.3 is 4.74 Å². The number of halogens is 3. The highest BCUT2D eigenvalue weighted by Gasteiger charge is 2.10. The van der Waals surface area contributed by atoms with Crippen molar-refractivity contribution >= 4 is 17.5 Å². The van der Waals surface area contributed by atoms with Crippen molar-refractivity contribution < 1.29 is 13.5 Å². The first-order chi connectivity index (χ1) is 8.60. The lowest BCUT2D eigenvalue weighted by molar-refractivity contribution is 0.420. The molecular weight excluding hydrogens is 266 g/mol. The second-order valence-corrected chi connectivity index (χ2v) is 3.58. The van der Waals surface area contributed by atoms with E-state index in [4.69, 9.17) is 22.2 Å². The van der Waals surface area contributed by atoms with E-state index in [0.29, 0.717) is 0 Å². The second kappa shape index (κ2) is 5.11. The second-order valence-electron chi connectivity index (χ2n) is 3.17. The number of anilines is 1. The van der Waals surface area contributed by atoms with Gasteiger partial charge in [0.25, 0.3) is 5.88 Å². The molecular formula is C10H7ClF2N4O. The molecule has 1 aromatic carbocycles. The smallest absolute Gasteiger partial charge is 0.260 e. The highest BCUT2D eigenvalue weighted by molar-refractivity contribution is 6.30. The first-order valence-electron chi connectivity index (χ1n) is 4.72. The van der Waals surface area contributed by atoms with Crippen LogP contribution in [0.1, 0.15) is 0 Å². The Morgan fingerprint density at radius 1 is 1.28 bits per heavy atom. The van der Waals surface area contributed by atoms with Crippen LogP contribution < -0.4 is 16.0 Å². The molecule has 0 saturated heterocycles. The van der Waals surface area contributed by atoms with E-state index in [0.717, 1.165) is 12.3 Å². The Hall–Kier alpha value is -1.99. The molecule has 8 heteroatoms. The third-order valence-corrected chi connectivity index (χ3v) is 2.24. The maximum atomic E-state index is 13.3. The highest BCUT2D eigenvalue weighted by atomic mass is 35.5. The summed E-state index contributed by atoms with van der Waals surface area (Å²) >= 11 is 5.56.